The van der Waals surface area contributed by atoms with Crippen LogP contribution in [0.1, 0.15) is 48.5 Å². The van der Waals surface area contributed by atoms with E-state index in [1.165, 1.54) is 36.3 Å². The van der Waals surface area contributed by atoms with Crippen molar-refractivity contribution < 1.29 is 57.8 Å². The maximum atomic E-state index is 12.4. The molecule has 0 atom stereocenters. The zero-order valence-electron chi connectivity index (χ0n) is 42.5. The van der Waals surface area contributed by atoms with Crippen molar-refractivity contribution in [2.45, 2.75) is 26.1 Å². The smallest absolute Gasteiger partial charge is 0.335 e. The molecule has 9 rings (SSSR count). The number of nitrogens with two attached hydrogens (primary N) is 3. The fraction of sp³-hybridized carbons (Fsp3) is 0.280. The van der Waals surface area contributed by atoms with E-state index in [1.54, 1.807) is 62.3 Å². The maximum absolute atomic E-state index is 12.4. The van der Waals surface area contributed by atoms with Crippen LogP contribution in [-0.4, -0.2) is 145 Å². The maximum Gasteiger partial charge on any atom is 0.335 e. The highest BCUT2D eigenvalue weighted by Gasteiger charge is 2.32. The highest BCUT2D eigenvalue weighted by molar-refractivity contribution is 9.10. The van der Waals surface area contributed by atoms with Gasteiger partial charge in [-0.05, 0) is 69.0 Å². The number of ether oxygens (including phenoxy) is 7. The highest BCUT2D eigenvalue weighted by Crippen LogP contribution is 2.34. The van der Waals surface area contributed by atoms with Gasteiger partial charge in [0.2, 0.25) is 5.91 Å². The number of carbonyl (C=O) groups is 3. The van der Waals surface area contributed by atoms with Crippen LogP contribution < -0.4 is 41.0 Å². The molecule has 1 amide bonds. The molecule has 28 heteroatoms. The van der Waals surface area contributed by atoms with Crippen LogP contribution in [0, 0.1) is 11.3 Å². The quantitative estimate of drug-likeness (QED) is 0.0497. The van der Waals surface area contributed by atoms with E-state index in [1.807, 2.05) is 16.7 Å². The third kappa shape index (κ3) is 13.9. The fourth-order valence-corrected chi connectivity index (χ4v) is 7.83. The Bertz CT molecular complexity index is 3450. The number of fused-ring (bicyclic) bond motifs is 3. The van der Waals surface area contributed by atoms with Crippen LogP contribution in [-0.2, 0) is 45.1 Å². The van der Waals surface area contributed by atoms with E-state index in [4.69, 9.17) is 65.8 Å². The van der Waals surface area contributed by atoms with Crippen molar-refractivity contribution in [3.05, 3.63) is 116 Å². The Morgan fingerprint density at radius 2 is 1.03 bits per heavy atom. The van der Waals surface area contributed by atoms with E-state index in [2.05, 4.69) is 61.9 Å². The number of aromatic carboxylic acids is 2. The topological polar surface area (TPSA) is 374 Å². The molecule has 0 fully saturated rings. The molecule has 8 N–H and O–H groups in total. The molecular weight excluding hydrogens is 1080 g/mol. The lowest BCUT2D eigenvalue weighted by Crippen LogP contribution is -2.26. The summed E-state index contributed by atoms with van der Waals surface area (Å²) in [5, 5.41) is 26.9. The van der Waals surface area contributed by atoms with E-state index < -0.39 is 11.9 Å². The van der Waals surface area contributed by atoms with Gasteiger partial charge in [0, 0.05) is 26.9 Å². The summed E-state index contributed by atoms with van der Waals surface area (Å²) in [6, 6.07) is 22.9. The van der Waals surface area contributed by atoms with E-state index in [0.29, 0.717) is 89.5 Å². The van der Waals surface area contributed by atoms with Gasteiger partial charge in [-0.15, -0.1) is 0 Å². The number of carboxylic acids is 2. The van der Waals surface area contributed by atoms with Crippen molar-refractivity contribution in [1.29, 1.82) is 5.26 Å². The summed E-state index contributed by atoms with van der Waals surface area (Å²) in [7, 11) is 6.20. The largest absolute Gasteiger partial charge is 0.478 e. The lowest BCUT2D eigenvalue weighted by Gasteiger charge is -2.17. The van der Waals surface area contributed by atoms with Crippen molar-refractivity contribution in [3.8, 4) is 30.1 Å². The number of nitrogen functional groups attached to an aromatic ring is 3. The van der Waals surface area contributed by atoms with Crippen molar-refractivity contribution in [2.75, 3.05) is 90.2 Å². The molecule has 0 aliphatic carbocycles. The minimum atomic E-state index is -1.00. The first-order chi connectivity index (χ1) is 37.6. The Labute approximate surface area is 452 Å². The minimum Gasteiger partial charge on any atom is -0.478 e. The summed E-state index contributed by atoms with van der Waals surface area (Å²) in [5.41, 5.74) is 24.0. The summed E-state index contributed by atoms with van der Waals surface area (Å²) in [4.78, 5) is 69.9. The first-order valence-corrected chi connectivity index (χ1v) is 24.2. The summed E-state index contributed by atoms with van der Waals surface area (Å²) < 4.78 is 40.6. The number of carboxylic acid groups (broad SMARTS) is 2. The van der Waals surface area contributed by atoms with Crippen molar-refractivity contribution in [1.82, 2.24) is 49.0 Å². The summed E-state index contributed by atoms with van der Waals surface area (Å²) in [5.74, 6) is -1.10. The number of aromatic nitrogens is 10. The normalized spacial score (nSPS) is 11.5. The molecule has 8 aromatic rings. The average molecular weight is 1130 g/mol. The molecule has 6 heterocycles. The number of methoxy groups -OCH3 is 4. The van der Waals surface area contributed by atoms with Crippen LogP contribution in [0.25, 0.3) is 22.3 Å². The number of anilines is 4. The number of hydrogen-bond donors (Lipinski definition) is 5. The number of nitriles is 1. The van der Waals surface area contributed by atoms with Gasteiger partial charge in [0.15, 0.2) is 38.7 Å². The SMILES string of the molecule is COCCOc1nc(N)c2c(n1)N(Cc1ccc(C(=O)O)cc1)C(=O)C2.COCCOc1nc(N)c2nc(Br)n(Cc3ccc(C#N)cc3)c2n1.COCCOc1nc(N)c2nc(OC)n(Cc3ccc(C(=O)O)cc3)c2n1. The molecule has 78 heavy (non-hydrogen) atoms. The molecule has 0 saturated carbocycles. The first-order valence-electron chi connectivity index (χ1n) is 23.4. The molecular formula is C50H52BrN15O12. The predicted molar refractivity (Wildman–Crippen MR) is 283 cm³/mol. The van der Waals surface area contributed by atoms with E-state index >= 15 is 0 Å². The van der Waals surface area contributed by atoms with Crippen molar-refractivity contribution in [2.24, 2.45) is 0 Å². The number of hydrogen-bond acceptors (Lipinski definition) is 22. The first kappa shape index (κ1) is 56.4. The summed E-state index contributed by atoms with van der Waals surface area (Å²) >= 11 is 3.43. The Hall–Kier alpha value is -9.30. The number of rotatable bonds is 21. The number of amides is 1. The second-order valence-electron chi connectivity index (χ2n) is 16.5. The van der Waals surface area contributed by atoms with Crippen molar-refractivity contribution in [3.63, 3.8) is 0 Å². The zero-order chi connectivity index (χ0) is 55.9. The number of carbonyl (C=O) groups excluding carboxylic acids is 1. The second kappa shape index (κ2) is 26.5. The fourth-order valence-electron chi connectivity index (χ4n) is 7.36. The van der Waals surface area contributed by atoms with Crippen LogP contribution in [0.5, 0.6) is 24.0 Å². The number of imidazole rings is 2. The van der Waals surface area contributed by atoms with Gasteiger partial charge in [-0.2, -0.15) is 40.1 Å². The molecule has 0 spiro atoms. The van der Waals surface area contributed by atoms with Crippen LogP contribution in [0.2, 0.25) is 0 Å². The van der Waals surface area contributed by atoms with Gasteiger partial charge < -0.3 is 60.6 Å². The van der Waals surface area contributed by atoms with Crippen molar-refractivity contribution >= 4 is 79.4 Å². The number of nitrogens with zero attached hydrogens (tertiary/aromatic N) is 12. The highest BCUT2D eigenvalue weighted by atomic mass is 79.9. The Morgan fingerprint density at radius 1 is 0.590 bits per heavy atom. The monoisotopic (exact) mass is 1130 g/mol. The lowest BCUT2D eigenvalue weighted by molar-refractivity contribution is -0.117. The van der Waals surface area contributed by atoms with Gasteiger partial charge in [0.1, 0.15) is 31.5 Å². The van der Waals surface area contributed by atoms with Gasteiger partial charge in [0.05, 0.1) is 75.7 Å². The Balaban J connectivity index is 0.000000170. The van der Waals surface area contributed by atoms with E-state index in [-0.39, 0.29) is 78.7 Å². The predicted octanol–water partition coefficient (Wildman–Crippen LogP) is 4.18. The van der Waals surface area contributed by atoms with Crippen LogP contribution >= 0.6 is 15.9 Å². The molecule has 1 aliphatic rings. The molecule has 0 bridgehead atoms. The summed E-state index contributed by atoms with van der Waals surface area (Å²) in [6.07, 6.45) is 0.118. The average Bonchev–Trinajstić information content (AvgIpc) is 4.08. The molecule has 1 aliphatic heterocycles. The van der Waals surface area contributed by atoms with Crippen LogP contribution in [0.4, 0.5) is 23.3 Å². The molecule has 0 saturated heterocycles. The summed E-state index contributed by atoms with van der Waals surface area (Å²) in [6.45, 7) is 3.17. The number of benzene rings is 3. The van der Waals surface area contributed by atoms with E-state index in [0.717, 1.165) is 16.7 Å². The van der Waals surface area contributed by atoms with Crippen LogP contribution in [0.15, 0.2) is 77.5 Å². The van der Waals surface area contributed by atoms with Crippen LogP contribution in [0.3, 0.4) is 0 Å². The molecule has 0 radical (unpaired) electrons. The number of halogens is 1. The third-order valence-corrected chi connectivity index (χ3v) is 11.9. The second-order valence-corrected chi connectivity index (χ2v) is 17.2. The van der Waals surface area contributed by atoms with Gasteiger partial charge in [-0.1, -0.05) is 36.4 Å². The molecule has 406 valence electrons. The van der Waals surface area contributed by atoms with Gasteiger partial charge in [-0.3, -0.25) is 18.8 Å². The van der Waals surface area contributed by atoms with Gasteiger partial charge >= 0.3 is 30.0 Å². The third-order valence-electron chi connectivity index (χ3n) is 11.2. The lowest BCUT2D eigenvalue weighted by atomic mass is 10.1. The molecule has 5 aromatic heterocycles. The molecule has 3 aromatic carbocycles. The van der Waals surface area contributed by atoms with Gasteiger partial charge in [-0.25, -0.2) is 14.6 Å². The van der Waals surface area contributed by atoms with Gasteiger partial charge in [0.25, 0.3) is 6.01 Å². The molecule has 27 nitrogen and oxygen atoms in total. The minimum absolute atomic E-state index is 0.0826. The Morgan fingerprint density at radius 3 is 1.50 bits per heavy atom. The standard InChI is InChI=1S/C17H19N5O5.C17H18N4O5.C16H15BrN6O2/c1-25-7-8-27-16-20-13(18)12-14(21-16)22(17(19-12)26-2)9-10-3-5-11(6-4-10)15(23)24;1-25-6-7-26-17-19-14(18)12-8-13(22)21(15(12)20-17)9-10-2-4-11(5-3-10)16(23)24;1-24-6-7-25-16-21-13(19)12-14(22-16)23(15(17)20-12)9-11-4-2-10(8-18)3-5-11/h3-6H,7-9H2,1-2H3,(H,23,24)(H2,18,20,21);2-5H,6-9H2,1H3,(H,23,24)(H2,18,19,20);2-5H,6-7,9H2,1H3,(H2,19,21,22). The zero-order valence-corrected chi connectivity index (χ0v) is 44.0. The van der Waals surface area contributed by atoms with E-state index in [9.17, 15) is 14.4 Å². The molecule has 0 unspecified atom stereocenters. The Kier molecular flexibility index (Phi) is 19.1.